The van der Waals surface area contributed by atoms with Crippen LogP contribution < -0.4 is 10.6 Å². The fraction of sp³-hybridized carbons (Fsp3) is 0.947. The quantitative estimate of drug-likeness (QED) is 0.255. The number of aliphatic hydroxyl groups excluding tert-OH is 2. The zero-order valence-electron chi connectivity index (χ0n) is 16.4. The number of carbonyl (C=O) groups is 1. The molecule has 0 aliphatic rings. The first-order valence-corrected chi connectivity index (χ1v) is 9.98. The Hall–Kier alpha value is -0.690. The van der Waals surface area contributed by atoms with Gasteiger partial charge in [0.2, 0.25) is 0 Å². The predicted molar refractivity (Wildman–Crippen MR) is 104 cm³/mol. The van der Waals surface area contributed by atoms with Gasteiger partial charge in [0.25, 0.3) is 0 Å². The van der Waals surface area contributed by atoms with Gasteiger partial charge in [-0.2, -0.15) is 0 Å². The molecular formula is C19H42N2O4. The van der Waals surface area contributed by atoms with Crippen molar-refractivity contribution in [3.05, 3.63) is 0 Å². The second kappa shape index (κ2) is 23.3. The molecule has 0 heterocycles. The lowest BCUT2D eigenvalue weighted by Gasteiger charge is -2.08. The minimum absolute atomic E-state index is 0.139. The highest BCUT2D eigenvalue weighted by Gasteiger charge is 2.07. The van der Waals surface area contributed by atoms with Crippen LogP contribution in [-0.2, 0) is 4.79 Å². The number of unbranched alkanes of at least 4 members (excludes halogenated alkanes) is 9. The minimum atomic E-state index is -0.762. The van der Waals surface area contributed by atoms with Crippen molar-refractivity contribution in [1.29, 1.82) is 0 Å². The molecule has 0 spiro atoms. The van der Waals surface area contributed by atoms with E-state index in [2.05, 4.69) is 17.6 Å². The van der Waals surface area contributed by atoms with E-state index in [9.17, 15) is 4.79 Å². The number of aliphatic hydroxyl groups is 2. The molecule has 0 aliphatic carbocycles. The van der Waals surface area contributed by atoms with Crippen LogP contribution in [0.2, 0.25) is 0 Å². The maximum absolute atomic E-state index is 10.5. The number of carboxylic acid groups (broad SMARTS) is 1. The van der Waals surface area contributed by atoms with Crippen LogP contribution in [0.4, 0.5) is 0 Å². The summed E-state index contributed by atoms with van der Waals surface area (Å²) >= 11 is 0. The lowest BCUT2D eigenvalue weighted by molar-refractivity contribution is -0.138. The number of rotatable bonds is 17. The second-order valence-corrected chi connectivity index (χ2v) is 6.39. The molecule has 1 unspecified atom stereocenters. The van der Waals surface area contributed by atoms with E-state index in [-0.39, 0.29) is 13.2 Å². The van der Waals surface area contributed by atoms with E-state index >= 15 is 0 Å². The molecule has 5 N–H and O–H groups in total. The molecule has 0 aliphatic heterocycles. The lowest BCUT2D eigenvalue weighted by Crippen LogP contribution is -2.34. The van der Waals surface area contributed by atoms with Crippen molar-refractivity contribution in [2.24, 2.45) is 0 Å². The highest BCUT2D eigenvalue weighted by molar-refractivity contribution is 5.72. The molecule has 6 nitrogen and oxygen atoms in total. The van der Waals surface area contributed by atoms with Gasteiger partial charge in [0.15, 0.2) is 0 Å². The van der Waals surface area contributed by atoms with Crippen molar-refractivity contribution in [2.45, 2.75) is 84.1 Å². The third kappa shape index (κ3) is 25.7. The summed E-state index contributed by atoms with van der Waals surface area (Å²) in [6.45, 7) is 6.18. The molecule has 0 aromatic rings. The predicted octanol–water partition coefficient (Wildman–Crippen LogP) is 2.53. The lowest BCUT2D eigenvalue weighted by atomic mass is 10.1. The summed E-state index contributed by atoms with van der Waals surface area (Å²) in [5.74, 6) is -0.762. The van der Waals surface area contributed by atoms with Crippen LogP contribution in [0.3, 0.4) is 0 Å². The SMILES string of the molecule is CCCCCCCCCCCCNC(C)C(=O)O.OCCNCCO. The average molecular weight is 363 g/mol. The van der Waals surface area contributed by atoms with Crippen molar-refractivity contribution in [3.8, 4) is 0 Å². The zero-order chi connectivity index (χ0) is 19.2. The number of hydrogen-bond acceptors (Lipinski definition) is 5. The Balaban J connectivity index is 0. The van der Waals surface area contributed by atoms with Gasteiger partial charge >= 0.3 is 5.97 Å². The monoisotopic (exact) mass is 362 g/mol. The minimum Gasteiger partial charge on any atom is -0.480 e. The Labute approximate surface area is 154 Å². The Bertz CT molecular complexity index is 262. The molecule has 0 rings (SSSR count). The van der Waals surface area contributed by atoms with Crippen LogP contribution in [0.5, 0.6) is 0 Å². The van der Waals surface area contributed by atoms with E-state index in [1.807, 2.05) is 0 Å². The van der Waals surface area contributed by atoms with E-state index in [4.69, 9.17) is 15.3 Å². The summed E-state index contributed by atoms with van der Waals surface area (Å²) in [6.07, 6.45) is 13.2. The van der Waals surface area contributed by atoms with E-state index in [0.717, 1.165) is 13.0 Å². The normalized spacial score (nSPS) is 11.7. The first-order valence-electron chi connectivity index (χ1n) is 9.98. The molecule has 0 saturated carbocycles. The van der Waals surface area contributed by atoms with Gasteiger partial charge in [0.1, 0.15) is 6.04 Å². The molecule has 0 fully saturated rings. The molecule has 152 valence electrons. The van der Waals surface area contributed by atoms with Gasteiger partial charge in [0, 0.05) is 13.1 Å². The van der Waals surface area contributed by atoms with Gasteiger partial charge in [-0.05, 0) is 19.9 Å². The van der Waals surface area contributed by atoms with Crippen molar-refractivity contribution in [3.63, 3.8) is 0 Å². The highest BCUT2D eigenvalue weighted by atomic mass is 16.4. The van der Waals surface area contributed by atoms with Crippen LogP contribution in [-0.4, -0.2) is 60.2 Å². The molecule has 0 amide bonds. The molecular weight excluding hydrogens is 320 g/mol. The molecule has 1 atom stereocenters. The van der Waals surface area contributed by atoms with Crippen LogP contribution in [0, 0.1) is 0 Å². The molecule has 25 heavy (non-hydrogen) atoms. The summed E-state index contributed by atoms with van der Waals surface area (Å²) in [5, 5.41) is 30.8. The Morgan fingerprint density at radius 2 is 1.24 bits per heavy atom. The maximum atomic E-state index is 10.5. The first kappa shape index (κ1) is 26.5. The van der Waals surface area contributed by atoms with Crippen molar-refractivity contribution in [2.75, 3.05) is 32.8 Å². The zero-order valence-corrected chi connectivity index (χ0v) is 16.4. The number of nitrogens with one attached hydrogen (secondary N) is 2. The topological polar surface area (TPSA) is 102 Å². The van der Waals surface area contributed by atoms with E-state index in [0.29, 0.717) is 13.1 Å². The van der Waals surface area contributed by atoms with Gasteiger partial charge in [-0.1, -0.05) is 64.7 Å². The van der Waals surface area contributed by atoms with Crippen LogP contribution in [0.1, 0.15) is 78.1 Å². The van der Waals surface area contributed by atoms with Gasteiger partial charge in [0.05, 0.1) is 13.2 Å². The first-order chi connectivity index (χ1) is 12.1. The molecule has 0 saturated heterocycles. The summed E-state index contributed by atoms with van der Waals surface area (Å²) in [6, 6.07) is -0.413. The largest absolute Gasteiger partial charge is 0.480 e. The summed E-state index contributed by atoms with van der Waals surface area (Å²) in [4.78, 5) is 10.5. The van der Waals surface area contributed by atoms with Gasteiger partial charge in [-0.15, -0.1) is 0 Å². The number of carboxylic acids is 1. The van der Waals surface area contributed by atoms with E-state index in [1.54, 1.807) is 6.92 Å². The van der Waals surface area contributed by atoms with Crippen LogP contribution in [0.25, 0.3) is 0 Å². The molecule has 0 radical (unpaired) electrons. The van der Waals surface area contributed by atoms with Crippen LogP contribution in [0.15, 0.2) is 0 Å². The number of aliphatic carboxylic acids is 1. The van der Waals surface area contributed by atoms with Crippen molar-refractivity contribution in [1.82, 2.24) is 10.6 Å². The molecule has 0 aromatic heterocycles. The van der Waals surface area contributed by atoms with Gasteiger partial charge < -0.3 is 26.0 Å². The highest BCUT2D eigenvalue weighted by Crippen LogP contribution is 2.10. The molecule has 6 heteroatoms. The standard InChI is InChI=1S/C15H31NO2.C4H11NO2/c1-3-4-5-6-7-8-9-10-11-12-13-16-14(2)15(17)18;6-3-1-5-2-4-7/h14,16H,3-13H2,1-2H3,(H,17,18);5-7H,1-4H2. The van der Waals surface area contributed by atoms with Gasteiger partial charge in [-0.3, -0.25) is 4.79 Å². The Kier molecular flexibility index (Phi) is 24.7. The van der Waals surface area contributed by atoms with Crippen LogP contribution >= 0.6 is 0 Å². The number of hydrogen-bond donors (Lipinski definition) is 5. The van der Waals surface area contributed by atoms with E-state index in [1.165, 1.54) is 57.8 Å². The fourth-order valence-corrected chi connectivity index (χ4v) is 2.30. The maximum Gasteiger partial charge on any atom is 0.320 e. The Morgan fingerprint density at radius 3 is 1.64 bits per heavy atom. The van der Waals surface area contributed by atoms with Crippen molar-refractivity contribution < 1.29 is 20.1 Å². The summed E-state index contributed by atoms with van der Waals surface area (Å²) in [5.41, 5.74) is 0. The Morgan fingerprint density at radius 1 is 0.800 bits per heavy atom. The average Bonchev–Trinajstić information content (AvgIpc) is 2.60. The third-order valence-electron chi connectivity index (χ3n) is 3.93. The summed E-state index contributed by atoms with van der Waals surface area (Å²) in [7, 11) is 0. The molecule has 0 bridgehead atoms. The molecule has 0 aromatic carbocycles. The van der Waals surface area contributed by atoms with E-state index < -0.39 is 12.0 Å². The van der Waals surface area contributed by atoms with Crippen molar-refractivity contribution >= 4 is 5.97 Å². The smallest absolute Gasteiger partial charge is 0.320 e. The second-order valence-electron chi connectivity index (χ2n) is 6.39. The van der Waals surface area contributed by atoms with Gasteiger partial charge in [-0.25, -0.2) is 0 Å². The fourth-order valence-electron chi connectivity index (χ4n) is 2.30. The third-order valence-corrected chi connectivity index (χ3v) is 3.93. The summed E-state index contributed by atoms with van der Waals surface area (Å²) < 4.78 is 0.